The fraction of sp³-hybridized carbons (Fsp3) is 0.214. The third kappa shape index (κ3) is 2.56. The number of benzene rings is 1. The van der Waals surface area contributed by atoms with Crippen molar-refractivity contribution in [2.45, 2.75) is 13.8 Å². The summed E-state index contributed by atoms with van der Waals surface area (Å²) in [5, 5.41) is 3.88. The Labute approximate surface area is 105 Å². The lowest BCUT2D eigenvalue weighted by Gasteiger charge is -2.05. The van der Waals surface area contributed by atoms with Crippen LogP contribution in [0.3, 0.4) is 0 Å². The lowest BCUT2D eigenvalue weighted by molar-refractivity contribution is 0.103. The molecular formula is C14H14O2S. The molecule has 0 N–H and O–H groups in total. The highest BCUT2D eigenvalue weighted by atomic mass is 32.1. The van der Waals surface area contributed by atoms with Crippen LogP contribution in [0.15, 0.2) is 35.0 Å². The van der Waals surface area contributed by atoms with E-state index in [1.165, 1.54) is 0 Å². The maximum absolute atomic E-state index is 12.2. The average molecular weight is 246 g/mol. The van der Waals surface area contributed by atoms with Gasteiger partial charge in [-0.05, 0) is 36.9 Å². The van der Waals surface area contributed by atoms with E-state index in [0.717, 1.165) is 16.9 Å². The van der Waals surface area contributed by atoms with Crippen LogP contribution in [0.4, 0.5) is 0 Å². The number of hydrogen-bond acceptors (Lipinski definition) is 3. The lowest BCUT2D eigenvalue weighted by atomic mass is 10.0. The fourth-order valence-corrected chi connectivity index (χ4v) is 2.47. The highest BCUT2D eigenvalue weighted by Crippen LogP contribution is 2.20. The summed E-state index contributed by atoms with van der Waals surface area (Å²) >= 11 is 1.55. The van der Waals surface area contributed by atoms with Crippen molar-refractivity contribution in [3.63, 3.8) is 0 Å². The van der Waals surface area contributed by atoms with E-state index >= 15 is 0 Å². The van der Waals surface area contributed by atoms with Gasteiger partial charge in [-0.2, -0.15) is 11.3 Å². The van der Waals surface area contributed by atoms with E-state index in [0.29, 0.717) is 12.2 Å². The van der Waals surface area contributed by atoms with Crippen LogP contribution in [0.25, 0.3) is 0 Å². The molecule has 0 aliphatic heterocycles. The second-order valence-corrected chi connectivity index (χ2v) is 4.50. The number of ketones is 1. The molecule has 1 aromatic heterocycles. The molecule has 0 amide bonds. The number of ether oxygens (including phenoxy) is 1. The minimum absolute atomic E-state index is 0.0605. The van der Waals surface area contributed by atoms with Crippen molar-refractivity contribution >= 4 is 17.1 Å². The van der Waals surface area contributed by atoms with E-state index in [4.69, 9.17) is 4.74 Å². The first kappa shape index (κ1) is 11.9. The molecule has 0 unspecified atom stereocenters. The van der Waals surface area contributed by atoms with Crippen LogP contribution in [0.2, 0.25) is 0 Å². The summed E-state index contributed by atoms with van der Waals surface area (Å²) in [6.45, 7) is 4.49. The number of thiophene rings is 1. The molecule has 0 aliphatic carbocycles. The second kappa shape index (κ2) is 5.15. The van der Waals surface area contributed by atoms with E-state index in [-0.39, 0.29) is 5.78 Å². The number of carbonyl (C=O) groups is 1. The molecule has 1 heterocycles. The van der Waals surface area contributed by atoms with Crippen LogP contribution >= 0.6 is 11.3 Å². The number of aryl methyl sites for hydroxylation is 1. The Balaban J connectivity index is 2.31. The maximum atomic E-state index is 12.2. The van der Waals surface area contributed by atoms with Gasteiger partial charge < -0.3 is 4.74 Å². The zero-order valence-electron chi connectivity index (χ0n) is 9.90. The fourth-order valence-electron chi connectivity index (χ4n) is 1.64. The molecule has 0 saturated heterocycles. The Bertz CT molecular complexity index is 529. The first-order valence-electron chi connectivity index (χ1n) is 5.52. The Morgan fingerprint density at radius 2 is 2.18 bits per heavy atom. The Morgan fingerprint density at radius 1 is 1.35 bits per heavy atom. The molecule has 2 aromatic rings. The molecule has 0 bridgehead atoms. The summed E-state index contributed by atoms with van der Waals surface area (Å²) in [6.07, 6.45) is 0. The SMILES string of the molecule is CCOc1cccc(C(=O)c2cscc2C)c1. The van der Waals surface area contributed by atoms with E-state index in [2.05, 4.69) is 0 Å². The van der Waals surface area contributed by atoms with Gasteiger partial charge in [0, 0.05) is 16.5 Å². The molecular weight excluding hydrogens is 232 g/mol. The van der Waals surface area contributed by atoms with Gasteiger partial charge in [0.1, 0.15) is 5.75 Å². The Hall–Kier alpha value is -1.61. The molecule has 88 valence electrons. The monoisotopic (exact) mass is 246 g/mol. The van der Waals surface area contributed by atoms with E-state index < -0.39 is 0 Å². The summed E-state index contributed by atoms with van der Waals surface area (Å²) < 4.78 is 5.39. The minimum atomic E-state index is 0.0605. The summed E-state index contributed by atoms with van der Waals surface area (Å²) in [6, 6.07) is 7.32. The summed E-state index contributed by atoms with van der Waals surface area (Å²) in [5.41, 5.74) is 2.49. The van der Waals surface area contributed by atoms with Crippen LogP contribution in [-0.4, -0.2) is 12.4 Å². The first-order chi connectivity index (χ1) is 8.22. The number of rotatable bonds is 4. The first-order valence-corrected chi connectivity index (χ1v) is 6.47. The van der Waals surface area contributed by atoms with Gasteiger partial charge in [-0.15, -0.1) is 0 Å². The second-order valence-electron chi connectivity index (χ2n) is 3.76. The summed E-state index contributed by atoms with van der Waals surface area (Å²) in [4.78, 5) is 12.2. The third-order valence-electron chi connectivity index (χ3n) is 2.51. The van der Waals surface area contributed by atoms with Crippen LogP contribution in [0.1, 0.15) is 28.4 Å². The van der Waals surface area contributed by atoms with Gasteiger partial charge in [-0.1, -0.05) is 12.1 Å². The molecule has 3 heteroatoms. The zero-order valence-corrected chi connectivity index (χ0v) is 10.7. The average Bonchev–Trinajstić information content (AvgIpc) is 2.75. The molecule has 0 aliphatic rings. The predicted molar refractivity (Wildman–Crippen MR) is 70.1 cm³/mol. The van der Waals surface area contributed by atoms with Gasteiger partial charge in [-0.3, -0.25) is 4.79 Å². The van der Waals surface area contributed by atoms with Crippen molar-refractivity contribution in [3.05, 3.63) is 51.7 Å². The van der Waals surface area contributed by atoms with Crippen molar-refractivity contribution in [2.24, 2.45) is 0 Å². The van der Waals surface area contributed by atoms with Crippen LogP contribution in [0.5, 0.6) is 5.75 Å². The molecule has 1 aromatic carbocycles. The highest BCUT2D eigenvalue weighted by molar-refractivity contribution is 7.08. The van der Waals surface area contributed by atoms with Gasteiger partial charge in [0.05, 0.1) is 6.61 Å². The van der Waals surface area contributed by atoms with Crippen LogP contribution < -0.4 is 4.74 Å². The quantitative estimate of drug-likeness (QED) is 0.769. The summed E-state index contributed by atoms with van der Waals surface area (Å²) in [5.74, 6) is 0.802. The standard InChI is InChI=1S/C14H14O2S/c1-3-16-12-6-4-5-11(7-12)14(15)13-9-17-8-10(13)2/h4-9H,3H2,1-2H3. The van der Waals surface area contributed by atoms with E-state index in [9.17, 15) is 4.79 Å². The van der Waals surface area contributed by atoms with Gasteiger partial charge in [0.2, 0.25) is 0 Å². The summed E-state index contributed by atoms with van der Waals surface area (Å²) in [7, 11) is 0. The molecule has 0 radical (unpaired) electrons. The molecule has 2 nitrogen and oxygen atoms in total. The van der Waals surface area contributed by atoms with E-state index in [1.54, 1.807) is 17.4 Å². The minimum Gasteiger partial charge on any atom is -0.494 e. The molecule has 17 heavy (non-hydrogen) atoms. The van der Waals surface area contributed by atoms with Crippen molar-refractivity contribution in [1.29, 1.82) is 0 Å². The largest absolute Gasteiger partial charge is 0.494 e. The maximum Gasteiger partial charge on any atom is 0.194 e. The van der Waals surface area contributed by atoms with Gasteiger partial charge >= 0.3 is 0 Å². The van der Waals surface area contributed by atoms with Crippen molar-refractivity contribution in [2.75, 3.05) is 6.61 Å². The van der Waals surface area contributed by atoms with Gasteiger partial charge in [0.25, 0.3) is 0 Å². The molecule has 0 atom stereocenters. The lowest BCUT2D eigenvalue weighted by Crippen LogP contribution is -2.02. The number of hydrogen-bond donors (Lipinski definition) is 0. The zero-order chi connectivity index (χ0) is 12.3. The Morgan fingerprint density at radius 3 is 2.82 bits per heavy atom. The van der Waals surface area contributed by atoms with Gasteiger partial charge in [0.15, 0.2) is 5.78 Å². The number of carbonyl (C=O) groups excluding carboxylic acids is 1. The molecule has 0 fully saturated rings. The van der Waals surface area contributed by atoms with Crippen molar-refractivity contribution in [3.8, 4) is 5.75 Å². The Kier molecular flexibility index (Phi) is 3.59. The van der Waals surface area contributed by atoms with Crippen molar-refractivity contribution < 1.29 is 9.53 Å². The van der Waals surface area contributed by atoms with Crippen LogP contribution in [0, 0.1) is 6.92 Å². The topological polar surface area (TPSA) is 26.3 Å². The molecule has 0 spiro atoms. The molecule has 2 rings (SSSR count). The normalized spacial score (nSPS) is 10.2. The molecule has 0 saturated carbocycles. The smallest absolute Gasteiger partial charge is 0.194 e. The third-order valence-corrected chi connectivity index (χ3v) is 3.37. The van der Waals surface area contributed by atoms with E-state index in [1.807, 2.05) is 42.8 Å². The van der Waals surface area contributed by atoms with Crippen molar-refractivity contribution in [1.82, 2.24) is 0 Å². The highest BCUT2D eigenvalue weighted by Gasteiger charge is 2.12. The van der Waals surface area contributed by atoms with Crippen LogP contribution in [-0.2, 0) is 0 Å². The predicted octanol–water partition coefficient (Wildman–Crippen LogP) is 3.69. The van der Waals surface area contributed by atoms with Gasteiger partial charge in [-0.25, -0.2) is 0 Å².